The van der Waals surface area contributed by atoms with E-state index < -0.39 is 0 Å². The van der Waals surface area contributed by atoms with Crippen molar-refractivity contribution in [3.8, 4) is 11.5 Å². The van der Waals surface area contributed by atoms with E-state index in [-0.39, 0.29) is 29.2 Å². The Labute approximate surface area is 211 Å². The van der Waals surface area contributed by atoms with Gasteiger partial charge in [-0.25, -0.2) is 5.43 Å². The van der Waals surface area contributed by atoms with Gasteiger partial charge in [-0.05, 0) is 73.0 Å². The van der Waals surface area contributed by atoms with E-state index in [0.29, 0.717) is 16.9 Å². The fraction of sp³-hybridized carbons (Fsp3) is 0.160. The van der Waals surface area contributed by atoms with Gasteiger partial charge in [0.15, 0.2) is 18.1 Å². The largest absolute Gasteiger partial charge is 0.493 e. The van der Waals surface area contributed by atoms with Crippen LogP contribution in [0.2, 0.25) is 5.02 Å². The third kappa shape index (κ3) is 6.59. The topological polar surface area (TPSA) is 89.0 Å². The van der Waals surface area contributed by atoms with Crippen molar-refractivity contribution < 1.29 is 19.1 Å². The van der Waals surface area contributed by atoms with Crippen LogP contribution in [-0.4, -0.2) is 31.7 Å². The predicted molar refractivity (Wildman–Crippen MR) is 137 cm³/mol. The second-order valence-corrected chi connectivity index (χ2v) is 8.65. The smallest absolute Gasteiger partial charge is 0.271 e. The number of benzene rings is 3. The summed E-state index contributed by atoms with van der Waals surface area (Å²) < 4.78 is 11.9. The number of hydrogen-bond donors (Lipinski definition) is 2. The first kappa shape index (κ1) is 25.3. The Bertz CT molecular complexity index is 1230. The number of carbonyl (C=O) groups excluding carboxylic acids is 2. The molecule has 0 unspecified atom stereocenters. The van der Waals surface area contributed by atoms with Crippen LogP contribution >= 0.6 is 27.5 Å². The van der Waals surface area contributed by atoms with Crippen LogP contribution in [0.5, 0.6) is 11.5 Å². The lowest BCUT2D eigenvalue weighted by Crippen LogP contribution is -2.21. The number of halogens is 2. The van der Waals surface area contributed by atoms with Crippen LogP contribution in [-0.2, 0) is 4.79 Å². The average molecular weight is 545 g/mol. The Hall–Kier alpha value is -3.36. The third-order valence-corrected chi connectivity index (χ3v) is 5.77. The maximum Gasteiger partial charge on any atom is 0.271 e. The number of nitrogens with zero attached hydrogens (tertiary/aromatic N) is 1. The summed E-state index contributed by atoms with van der Waals surface area (Å²) in [4.78, 5) is 24.5. The molecule has 9 heteroatoms. The van der Waals surface area contributed by atoms with E-state index >= 15 is 0 Å². The van der Waals surface area contributed by atoms with E-state index in [1.165, 1.54) is 13.3 Å². The average Bonchev–Trinajstić information content (AvgIpc) is 2.81. The van der Waals surface area contributed by atoms with Crippen molar-refractivity contribution >= 4 is 51.2 Å². The molecule has 34 heavy (non-hydrogen) atoms. The van der Waals surface area contributed by atoms with Crippen LogP contribution in [0, 0.1) is 13.8 Å². The summed E-state index contributed by atoms with van der Waals surface area (Å²) in [5.41, 5.74) is 6.29. The number of methoxy groups -OCH3 is 1. The van der Waals surface area contributed by atoms with Crippen molar-refractivity contribution in [1.29, 1.82) is 0 Å². The summed E-state index contributed by atoms with van der Waals surface area (Å²) in [6.45, 7) is 3.66. The first-order valence-corrected chi connectivity index (χ1v) is 11.4. The lowest BCUT2D eigenvalue weighted by molar-refractivity contribution is -0.118. The fourth-order valence-electron chi connectivity index (χ4n) is 3.00. The Balaban J connectivity index is 1.64. The molecule has 7 nitrogen and oxygen atoms in total. The van der Waals surface area contributed by atoms with E-state index in [1.54, 1.807) is 36.4 Å². The van der Waals surface area contributed by atoms with Crippen molar-refractivity contribution in [3.05, 3.63) is 86.3 Å². The van der Waals surface area contributed by atoms with Crippen molar-refractivity contribution in [2.45, 2.75) is 13.8 Å². The molecule has 176 valence electrons. The monoisotopic (exact) mass is 543 g/mol. The Morgan fingerprint density at radius 3 is 2.56 bits per heavy atom. The molecule has 2 N–H and O–H groups in total. The highest BCUT2D eigenvalue weighted by Crippen LogP contribution is 2.36. The highest BCUT2D eigenvalue weighted by molar-refractivity contribution is 9.10. The molecule has 0 spiro atoms. The lowest BCUT2D eigenvalue weighted by Gasteiger charge is -2.14. The van der Waals surface area contributed by atoms with E-state index in [2.05, 4.69) is 31.8 Å². The number of ether oxygens (including phenoxy) is 2. The molecule has 0 heterocycles. The van der Waals surface area contributed by atoms with Gasteiger partial charge in [0, 0.05) is 15.7 Å². The van der Waals surface area contributed by atoms with Gasteiger partial charge < -0.3 is 14.8 Å². The van der Waals surface area contributed by atoms with E-state index in [1.807, 2.05) is 32.0 Å². The Morgan fingerprint density at radius 2 is 1.85 bits per heavy atom. The standard InChI is InChI=1S/C25H23BrClN3O4/c1-15-5-4-6-21(16(15)2)29-23(31)14-34-24-20(27)11-17(12-22(24)33-3)13-28-30-25(32)18-7-9-19(26)10-8-18/h4-13H,14H2,1-3H3,(H,29,31)(H,30,32)/b28-13+. The first-order chi connectivity index (χ1) is 16.3. The molecule has 3 aromatic rings. The summed E-state index contributed by atoms with van der Waals surface area (Å²) in [5, 5.41) is 7.04. The molecule has 0 bridgehead atoms. The minimum atomic E-state index is -0.350. The molecular weight excluding hydrogens is 522 g/mol. The quantitative estimate of drug-likeness (QED) is 0.289. The zero-order chi connectivity index (χ0) is 24.7. The molecule has 0 saturated carbocycles. The molecule has 3 rings (SSSR count). The number of hydrazone groups is 1. The van der Waals surface area contributed by atoms with Crippen LogP contribution in [0.3, 0.4) is 0 Å². The zero-order valence-corrected chi connectivity index (χ0v) is 21.2. The van der Waals surface area contributed by atoms with Crippen LogP contribution < -0.4 is 20.2 Å². The zero-order valence-electron chi connectivity index (χ0n) is 18.8. The number of amides is 2. The number of anilines is 1. The van der Waals surface area contributed by atoms with Gasteiger partial charge in [0.2, 0.25) is 0 Å². The van der Waals surface area contributed by atoms with E-state index in [9.17, 15) is 9.59 Å². The highest BCUT2D eigenvalue weighted by Gasteiger charge is 2.14. The molecule has 3 aromatic carbocycles. The van der Waals surface area contributed by atoms with Gasteiger partial charge in [-0.1, -0.05) is 39.7 Å². The van der Waals surface area contributed by atoms with Crippen LogP contribution in [0.4, 0.5) is 5.69 Å². The SMILES string of the molecule is COc1cc(/C=N/NC(=O)c2ccc(Br)cc2)cc(Cl)c1OCC(=O)Nc1cccc(C)c1C. The highest BCUT2D eigenvalue weighted by atomic mass is 79.9. The van der Waals surface area contributed by atoms with Crippen molar-refractivity contribution in [2.24, 2.45) is 5.10 Å². The number of rotatable bonds is 8. The molecule has 0 saturated heterocycles. The number of aryl methyl sites for hydroxylation is 1. The molecule has 0 aliphatic heterocycles. The van der Waals surface area contributed by atoms with Gasteiger partial charge in [0.25, 0.3) is 11.8 Å². The van der Waals surface area contributed by atoms with Crippen molar-refractivity contribution in [2.75, 3.05) is 19.0 Å². The summed E-state index contributed by atoms with van der Waals surface area (Å²) >= 11 is 9.69. The molecular formula is C25H23BrClN3O4. The van der Waals surface area contributed by atoms with Gasteiger partial charge in [0.1, 0.15) is 0 Å². The van der Waals surface area contributed by atoms with Crippen LogP contribution in [0.25, 0.3) is 0 Å². The van der Waals surface area contributed by atoms with Gasteiger partial charge >= 0.3 is 0 Å². The summed E-state index contributed by atoms with van der Waals surface area (Å²) in [5.74, 6) is -0.117. The number of nitrogens with one attached hydrogen (secondary N) is 2. The predicted octanol–water partition coefficient (Wildman–Crippen LogP) is 5.51. The van der Waals surface area contributed by atoms with Gasteiger partial charge in [-0.2, -0.15) is 5.10 Å². The third-order valence-electron chi connectivity index (χ3n) is 4.96. The summed E-state index contributed by atoms with van der Waals surface area (Å²) in [7, 11) is 1.46. The van der Waals surface area contributed by atoms with Gasteiger partial charge in [0.05, 0.1) is 18.3 Å². The maximum absolute atomic E-state index is 12.4. The molecule has 0 atom stereocenters. The van der Waals surface area contributed by atoms with Crippen molar-refractivity contribution in [1.82, 2.24) is 5.43 Å². The molecule has 0 aliphatic carbocycles. The number of carbonyl (C=O) groups is 2. The molecule has 0 aromatic heterocycles. The Kier molecular flexibility index (Phi) is 8.67. The van der Waals surface area contributed by atoms with E-state index in [0.717, 1.165) is 21.3 Å². The minimum Gasteiger partial charge on any atom is -0.493 e. The first-order valence-electron chi connectivity index (χ1n) is 10.2. The van der Waals surface area contributed by atoms with Gasteiger partial charge in [-0.15, -0.1) is 0 Å². The second-order valence-electron chi connectivity index (χ2n) is 7.32. The molecule has 0 aliphatic rings. The minimum absolute atomic E-state index is 0.233. The van der Waals surface area contributed by atoms with Crippen molar-refractivity contribution in [3.63, 3.8) is 0 Å². The second kappa shape index (κ2) is 11.7. The summed E-state index contributed by atoms with van der Waals surface area (Å²) in [6.07, 6.45) is 1.43. The summed E-state index contributed by atoms with van der Waals surface area (Å²) in [6, 6.07) is 15.8. The maximum atomic E-state index is 12.4. The lowest BCUT2D eigenvalue weighted by atomic mass is 10.1. The van der Waals surface area contributed by atoms with Crippen LogP contribution in [0.1, 0.15) is 27.0 Å². The fourth-order valence-corrected chi connectivity index (χ4v) is 3.53. The molecule has 0 fully saturated rings. The van der Waals surface area contributed by atoms with Crippen LogP contribution in [0.15, 0.2) is 64.2 Å². The number of hydrogen-bond acceptors (Lipinski definition) is 5. The van der Waals surface area contributed by atoms with Gasteiger partial charge in [-0.3, -0.25) is 9.59 Å². The molecule has 2 amide bonds. The Morgan fingerprint density at radius 1 is 1.12 bits per heavy atom. The normalized spacial score (nSPS) is 10.7. The van der Waals surface area contributed by atoms with E-state index in [4.69, 9.17) is 21.1 Å². The molecule has 0 radical (unpaired) electrons.